The first-order valence-corrected chi connectivity index (χ1v) is 10.7. The second kappa shape index (κ2) is 8.04. The zero-order chi connectivity index (χ0) is 26.1. The maximum absolute atomic E-state index is 13.8. The van der Waals surface area contributed by atoms with Crippen LogP contribution in [0.25, 0.3) is 0 Å². The van der Waals surface area contributed by atoms with E-state index in [2.05, 4.69) is 0 Å². The van der Waals surface area contributed by atoms with Crippen molar-refractivity contribution in [2.75, 3.05) is 21.2 Å². The van der Waals surface area contributed by atoms with Gasteiger partial charge in [0.05, 0.1) is 42.6 Å². The highest BCUT2D eigenvalue weighted by Gasteiger charge is 2.73. The average molecular weight is 488 g/mol. The van der Waals surface area contributed by atoms with Gasteiger partial charge in [-0.25, -0.2) is 0 Å². The van der Waals surface area contributed by atoms with Gasteiger partial charge in [0, 0.05) is 5.92 Å². The number of fused-ring (bicyclic) bond motifs is 3. The van der Waals surface area contributed by atoms with Crippen LogP contribution in [0.15, 0.2) is 18.2 Å². The molecule has 12 nitrogen and oxygen atoms in total. The van der Waals surface area contributed by atoms with Crippen LogP contribution in [0.1, 0.15) is 21.8 Å². The summed E-state index contributed by atoms with van der Waals surface area (Å²) in [5.74, 6) is -16.8. The number of aromatic hydroxyl groups is 1. The summed E-state index contributed by atoms with van der Waals surface area (Å²) in [5.41, 5.74) is 1.71. The van der Waals surface area contributed by atoms with E-state index in [1.54, 1.807) is 0 Å². The number of primary amides is 1. The quantitative estimate of drug-likeness (QED) is 0.260. The molecule has 12 heteroatoms. The summed E-state index contributed by atoms with van der Waals surface area (Å²) in [6.07, 6.45) is -1.93. The Hall–Kier alpha value is -3.48. The van der Waals surface area contributed by atoms with Crippen molar-refractivity contribution in [2.45, 2.75) is 23.7 Å². The van der Waals surface area contributed by atoms with Crippen molar-refractivity contribution in [3.63, 3.8) is 0 Å². The normalized spacial score (nSPS) is 36.3. The van der Waals surface area contributed by atoms with Gasteiger partial charge in [0.2, 0.25) is 5.91 Å². The Labute approximate surface area is 198 Å². The number of amides is 1. The number of aliphatic hydroxyl groups is 2. The number of ketones is 4. The van der Waals surface area contributed by atoms with Crippen LogP contribution in [-0.4, -0.2) is 94.2 Å². The number of nitrogens with zero attached hydrogens (tertiary/aromatic N) is 1. The highest BCUT2D eigenvalue weighted by atomic mass is 16.5. The molecule has 35 heavy (non-hydrogen) atoms. The van der Waals surface area contributed by atoms with Gasteiger partial charge in [0.15, 0.2) is 34.7 Å². The molecule has 0 aromatic heterocycles. The average Bonchev–Trinajstić information content (AvgIpc) is 2.78. The number of benzene rings is 1. The van der Waals surface area contributed by atoms with E-state index in [1.165, 1.54) is 31.1 Å². The molecule has 0 aliphatic heterocycles. The molecule has 8 atom stereocenters. The van der Waals surface area contributed by atoms with Gasteiger partial charge in [-0.15, -0.1) is 0 Å². The van der Waals surface area contributed by atoms with Crippen LogP contribution in [-0.2, 0) is 28.7 Å². The Morgan fingerprint density at radius 2 is 1.74 bits per heavy atom. The Kier molecular flexibility index (Phi) is 5.66. The molecule has 2 fully saturated rings. The molecule has 186 valence electrons. The number of Topliss-reactive ketones (excluding diaryl/α,β-unsaturated/α-hetero) is 4. The third-order valence-electron chi connectivity index (χ3n) is 7.46. The molecular weight excluding hydrogens is 464 g/mol. The van der Waals surface area contributed by atoms with E-state index >= 15 is 0 Å². The lowest BCUT2D eigenvalue weighted by atomic mass is 9.49. The Morgan fingerprint density at radius 1 is 1.11 bits per heavy atom. The van der Waals surface area contributed by atoms with E-state index in [0.717, 1.165) is 13.2 Å². The summed E-state index contributed by atoms with van der Waals surface area (Å²) >= 11 is 0. The monoisotopic (exact) mass is 488 g/mol. The van der Waals surface area contributed by atoms with Crippen LogP contribution < -0.4 is 5.73 Å². The van der Waals surface area contributed by atoms with Gasteiger partial charge in [-0.1, -0.05) is 12.1 Å². The fraction of sp³-hybridized carbons (Fsp3) is 0.478. The van der Waals surface area contributed by atoms with Crippen molar-refractivity contribution in [1.82, 2.24) is 4.90 Å². The molecule has 0 bridgehead atoms. The van der Waals surface area contributed by atoms with Crippen LogP contribution in [0, 0.1) is 23.7 Å². The lowest BCUT2D eigenvalue weighted by Crippen LogP contribution is -2.78. The van der Waals surface area contributed by atoms with Gasteiger partial charge in [-0.3, -0.25) is 33.7 Å². The van der Waals surface area contributed by atoms with Crippen molar-refractivity contribution in [1.29, 1.82) is 0 Å². The zero-order valence-electron chi connectivity index (χ0n) is 19.0. The minimum atomic E-state index is -3.14. The molecule has 2 saturated carbocycles. The summed E-state index contributed by atoms with van der Waals surface area (Å²) in [6, 6.07) is 2.34. The number of ether oxygens (including phenoxy) is 1. The summed E-state index contributed by atoms with van der Waals surface area (Å²) < 4.78 is 4.86. The predicted octanol–water partition coefficient (Wildman–Crippen LogP) is -2.45. The largest absolute Gasteiger partial charge is 0.507 e. The molecule has 3 aliphatic rings. The van der Waals surface area contributed by atoms with Gasteiger partial charge in [0.25, 0.3) is 0 Å². The van der Waals surface area contributed by atoms with E-state index in [1.807, 2.05) is 0 Å². The lowest BCUT2D eigenvalue weighted by Gasteiger charge is -2.55. The number of rotatable bonds is 3. The number of nitrogens with two attached hydrogens (primary N) is 1. The number of phenols is 1. The summed E-state index contributed by atoms with van der Waals surface area (Å²) in [7, 11) is 3.80. The molecule has 0 radical (unpaired) electrons. The molecule has 0 saturated heterocycles. The van der Waals surface area contributed by atoms with Gasteiger partial charge in [0.1, 0.15) is 5.75 Å². The molecular formula is C23H24N2O10. The van der Waals surface area contributed by atoms with Crippen molar-refractivity contribution < 1.29 is 48.8 Å². The minimum Gasteiger partial charge on any atom is -0.507 e. The standard InChI is InChI=1S/C23H24N2O10/c1-25(2)15-14-17(28)11-10(22(33)35-3)7-5-4-6-8(26)9(7)16(27)12(11)19(30)23(14,34)20(31)13(18(15)29)21(24)32/h4-6,10-15,17,26,28,34H,1-3H3,(H2,24,32)/t10-,11+,12?,13?,14+,15-,17-,23-/m0/s1. The molecule has 5 N–H and O–H groups in total. The van der Waals surface area contributed by atoms with Crippen LogP contribution in [0.2, 0.25) is 0 Å². The van der Waals surface area contributed by atoms with Gasteiger partial charge in [-0.2, -0.15) is 0 Å². The first kappa shape index (κ1) is 24.6. The summed E-state index contributed by atoms with van der Waals surface area (Å²) in [5, 5.41) is 33.4. The Balaban J connectivity index is 2.02. The summed E-state index contributed by atoms with van der Waals surface area (Å²) in [6.45, 7) is 0. The van der Waals surface area contributed by atoms with Crippen LogP contribution in [0.5, 0.6) is 5.75 Å². The number of esters is 1. The van der Waals surface area contributed by atoms with Crippen molar-refractivity contribution >= 4 is 35.0 Å². The highest BCUT2D eigenvalue weighted by molar-refractivity contribution is 6.32. The number of methoxy groups -OCH3 is 1. The minimum absolute atomic E-state index is 0.00901. The second-order valence-electron chi connectivity index (χ2n) is 9.32. The van der Waals surface area contributed by atoms with Gasteiger partial charge >= 0.3 is 5.97 Å². The van der Waals surface area contributed by atoms with Crippen LogP contribution in [0.3, 0.4) is 0 Å². The van der Waals surface area contributed by atoms with Crippen molar-refractivity contribution in [3.8, 4) is 5.75 Å². The highest BCUT2D eigenvalue weighted by Crippen LogP contribution is 2.54. The topological polar surface area (TPSA) is 202 Å². The zero-order valence-corrected chi connectivity index (χ0v) is 19.0. The van der Waals surface area contributed by atoms with Gasteiger partial charge in [-0.05, 0) is 25.7 Å². The fourth-order valence-electron chi connectivity index (χ4n) is 6.05. The number of hydrogen-bond acceptors (Lipinski definition) is 11. The van der Waals surface area contributed by atoms with E-state index in [0.29, 0.717) is 0 Å². The number of carbonyl (C=O) groups is 6. The van der Waals surface area contributed by atoms with Crippen molar-refractivity contribution in [3.05, 3.63) is 29.3 Å². The molecule has 0 heterocycles. The Morgan fingerprint density at radius 3 is 2.29 bits per heavy atom. The molecule has 0 spiro atoms. The molecule has 1 amide bonds. The van der Waals surface area contributed by atoms with Crippen molar-refractivity contribution in [2.24, 2.45) is 29.4 Å². The van der Waals surface area contributed by atoms with E-state index < -0.39 is 88.1 Å². The smallest absolute Gasteiger partial charge is 0.313 e. The first-order chi connectivity index (χ1) is 16.3. The van der Waals surface area contributed by atoms with Crippen LogP contribution >= 0.6 is 0 Å². The lowest BCUT2D eigenvalue weighted by molar-refractivity contribution is -0.197. The SMILES string of the molecule is COC(=O)[C@H]1c2cccc(O)c2C(=O)C2C(=O)[C@]3(O)C(=O)C(C(N)=O)C(=O)[C@@H](N(C)C)[C@@H]3[C@@H](O)[C@@H]21. The summed E-state index contributed by atoms with van der Waals surface area (Å²) in [4.78, 5) is 79.7. The third-order valence-corrected chi connectivity index (χ3v) is 7.46. The molecule has 3 aliphatic carbocycles. The molecule has 1 aromatic rings. The predicted molar refractivity (Wildman–Crippen MR) is 114 cm³/mol. The number of phenolic OH excluding ortho intramolecular Hbond substituents is 1. The number of carbonyl (C=O) groups excluding carboxylic acids is 6. The van der Waals surface area contributed by atoms with E-state index in [9.17, 15) is 44.1 Å². The molecule has 1 aromatic carbocycles. The first-order valence-electron chi connectivity index (χ1n) is 10.7. The second-order valence-corrected chi connectivity index (χ2v) is 9.32. The number of aliphatic hydroxyl groups excluding tert-OH is 1. The maximum atomic E-state index is 13.8. The van der Waals surface area contributed by atoms with Gasteiger partial charge < -0.3 is 25.8 Å². The molecule has 2 unspecified atom stereocenters. The fourth-order valence-corrected chi connectivity index (χ4v) is 6.05. The molecule has 4 rings (SSSR count). The van der Waals surface area contributed by atoms with E-state index in [-0.39, 0.29) is 11.1 Å². The number of hydrogen-bond donors (Lipinski definition) is 4. The number of likely N-dealkylation sites (N-methyl/N-ethyl adjacent to an activating group) is 1. The maximum Gasteiger partial charge on any atom is 0.313 e. The Bertz CT molecular complexity index is 1190. The van der Waals surface area contributed by atoms with E-state index in [4.69, 9.17) is 10.5 Å². The van der Waals surface area contributed by atoms with Crippen LogP contribution in [0.4, 0.5) is 0 Å². The third kappa shape index (κ3) is 3.03.